The van der Waals surface area contributed by atoms with Crippen LogP contribution in [0.1, 0.15) is 16.7 Å². The second kappa shape index (κ2) is 9.53. The number of methoxy groups -OCH3 is 1. The topological polar surface area (TPSA) is 122 Å². The quantitative estimate of drug-likeness (QED) is 0.475. The Morgan fingerprint density at radius 2 is 1.88 bits per heavy atom. The second-order valence-corrected chi connectivity index (χ2v) is 10.9. The first-order valence-corrected chi connectivity index (χ1v) is 12.2. The molecule has 1 N–H and O–H groups in total. The Morgan fingerprint density at radius 1 is 1.22 bits per heavy atom. The minimum Gasteiger partial charge on any atom is -0.495 e. The van der Waals surface area contributed by atoms with E-state index in [2.05, 4.69) is 5.32 Å². The van der Waals surface area contributed by atoms with Crippen molar-refractivity contribution in [1.82, 2.24) is 9.21 Å². The van der Waals surface area contributed by atoms with Gasteiger partial charge in [0.05, 0.1) is 28.7 Å². The summed E-state index contributed by atoms with van der Waals surface area (Å²) < 4.78 is 32.6. The molecule has 10 nitrogen and oxygen atoms in total. The first-order chi connectivity index (χ1) is 15.0. The van der Waals surface area contributed by atoms with Crippen LogP contribution in [0.4, 0.5) is 11.4 Å². The molecule has 0 spiro atoms. The summed E-state index contributed by atoms with van der Waals surface area (Å²) in [5, 5.41) is 13.7. The molecule has 0 saturated carbocycles. The minimum atomic E-state index is -3.58. The first-order valence-electron chi connectivity index (χ1n) is 9.99. The fraction of sp³-hybridized carbons (Fsp3) is 0.450. The molecule has 2 aromatic rings. The number of anilines is 1. The van der Waals surface area contributed by atoms with E-state index in [-0.39, 0.29) is 30.4 Å². The van der Waals surface area contributed by atoms with Crippen LogP contribution in [0, 0.1) is 24.0 Å². The van der Waals surface area contributed by atoms with Crippen molar-refractivity contribution in [3.05, 3.63) is 44.1 Å². The monoisotopic (exact) mass is 482 g/mol. The van der Waals surface area contributed by atoms with Crippen LogP contribution in [0.3, 0.4) is 0 Å². The molecule has 0 bridgehead atoms. The summed E-state index contributed by atoms with van der Waals surface area (Å²) in [5.74, 6) is -0.0436. The van der Waals surface area contributed by atoms with Gasteiger partial charge >= 0.3 is 0 Å². The second-order valence-electron chi connectivity index (χ2n) is 7.52. The molecule has 1 aliphatic heterocycles. The molecule has 0 aliphatic carbocycles. The number of aryl methyl sites for hydroxylation is 2. The predicted molar refractivity (Wildman–Crippen MR) is 122 cm³/mol. The number of piperazine rings is 1. The van der Waals surface area contributed by atoms with Crippen molar-refractivity contribution >= 4 is 38.6 Å². The van der Waals surface area contributed by atoms with Crippen LogP contribution in [0.5, 0.6) is 5.75 Å². The van der Waals surface area contributed by atoms with E-state index < -0.39 is 21.0 Å². The van der Waals surface area contributed by atoms with Crippen molar-refractivity contribution in [2.75, 3.05) is 38.6 Å². The minimum absolute atomic E-state index is 0.161. The SMILES string of the molecule is COc1ccc([N+](=O)[O-])cc1NC(=O)C(C)N1CCN(S(=O)(=O)c2cc(C)sc2C)CC1. The number of hydrogen-bond donors (Lipinski definition) is 1. The molecule has 2 heterocycles. The third-order valence-electron chi connectivity index (χ3n) is 5.47. The van der Waals surface area contributed by atoms with Crippen LogP contribution < -0.4 is 10.1 Å². The molecule has 1 amide bonds. The number of hydrogen-bond acceptors (Lipinski definition) is 8. The Labute approximate surface area is 191 Å². The van der Waals surface area contributed by atoms with Gasteiger partial charge in [0, 0.05) is 48.1 Å². The molecule has 1 unspecified atom stereocenters. The number of nitro benzene ring substituents is 1. The number of rotatable bonds is 7. The molecule has 1 saturated heterocycles. The lowest BCUT2D eigenvalue weighted by Crippen LogP contribution is -2.53. The van der Waals surface area contributed by atoms with Crippen LogP contribution in [0.2, 0.25) is 0 Å². The maximum absolute atomic E-state index is 13.0. The Balaban J connectivity index is 1.66. The molecular formula is C20H26N4O6S2. The number of thiophene rings is 1. The summed E-state index contributed by atoms with van der Waals surface area (Å²) in [6, 6.07) is 5.11. The third kappa shape index (κ3) is 4.93. The summed E-state index contributed by atoms with van der Waals surface area (Å²) in [4.78, 5) is 27.2. The highest BCUT2D eigenvalue weighted by atomic mass is 32.2. The van der Waals surface area contributed by atoms with Gasteiger partial charge in [0.2, 0.25) is 15.9 Å². The number of nitro groups is 1. The van der Waals surface area contributed by atoms with Crippen molar-refractivity contribution < 1.29 is 22.9 Å². The van der Waals surface area contributed by atoms with Gasteiger partial charge in [0.25, 0.3) is 5.69 Å². The Bertz CT molecular complexity index is 1120. The van der Waals surface area contributed by atoms with Crippen molar-refractivity contribution in [3.8, 4) is 5.75 Å². The van der Waals surface area contributed by atoms with Crippen molar-refractivity contribution in [3.63, 3.8) is 0 Å². The number of ether oxygens (including phenoxy) is 1. The molecule has 1 aromatic heterocycles. The van der Waals surface area contributed by atoms with Gasteiger partial charge in [-0.15, -0.1) is 11.3 Å². The lowest BCUT2D eigenvalue weighted by atomic mass is 10.2. The normalized spacial score (nSPS) is 16.5. The maximum Gasteiger partial charge on any atom is 0.271 e. The van der Waals surface area contributed by atoms with E-state index in [1.54, 1.807) is 19.9 Å². The van der Waals surface area contributed by atoms with Gasteiger partial charge in [-0.05, 0) is 32.9 Å². The molecule has 1 aromatic carbocycles. The molecule has 0 radical (unpaired) electrons. The van der Waals surface area contributed by atoms with Crippen molar-refractivity contribution in [2.45, 2.75) is 31.7 Å². The summed E-state index contributed by atoms with van der Waals surface area (Å²) in [6.07, 6.45) is 0. The van der Waals surface area contributed by atoms with E-state index in [1.165, 1.54) is 41.0 Å². The average Bonchev–Trinajstić information content (AvgIpc) is 3.11. The van der Waals surface area contributed by atoms with Crippen LogP contribution in [-0.2, 0) is 14.8 Å². The Kier molecular flexibility index (Phi) is 7.18. The van der Waals surface area contributed by atoms with Crippen molar-refractivity contribution in [2.24, 2.45) is 0 Å². The highest BCUT2D eigenvalue weighted by Gasteiger charge is 2.33. The number of non-ortho nitro benzene ring substituents is 1. The van der Waals surface area contributed by atoms with Gasteiger partial charge < -0.3 is 10.1 Å². The number of nitrogens with one attached hydrogen (secondary N) is 1. The van der Waals surface area contributed by atoms with Crippen LogP contribution >= 0.6 is 11.3 Å². The summed E-state index contributed by atoms with van der Waals surface area (Å²) in [6.45, 7) is 6.73. The number of carbonyl (C=O) groups is 1. The van der Waals surface area contributed by atoms with Gasteiger partial charge in [0.1, 0.15) is 5.75 Å². The lowest BCUT2D eigenvalue weighted by molar-refractivity contribution is -0.384. The van der Waals surface area contributed by atoms with Gasteiger partial charge in [-0.3, -0.25) is 19.8 Å². The first kappa shape index (κ1) is 24.1. The molecule has 174 valence electrons. The smallest absolute Gasteiger partial charge is 0.271 e. The summed E-state index contributed by atoms with van der Waals surface area (Å²) in [5.41, 5.74) is 0.0506. The van der Waals surface area contributed by atoms with E-state index in [0.717, 1.165) is 9.75 Å². The number of benzene rings is 1. The van der Waals surface area contributed by atoms with Gasteiger partial charge in [0.15, 0.2) is 0 Å². The van der Waals surface area contributed by atoms with E-state index in [9.17, 15) is 23.3 Å². The van der Waals surface area contributed by atoms with Gasteiger partial charge in [-0.25, -0.2) is 8.42 Å². The molecule has 12 heteroatoms. The molecule has 3 rings (SSSR count). The summed E-state index contributed by atoms with van der Waals surface area (Å²) in [7, 11) is -2.16. The lowest BCUT2D eigenvalue weighted by Gasteiger charge is -2.36. The Morgan fingerprint density at radius 3 is 2.41 bits per heavy atom. The van der Waals surface area contributed by atoms with Crippen LogP contribution in [0.15, 0.2) is 29.2 Å². The van der Waals surface area contributed by atoms with E-state index in [0.29, 0.717) is 23.7 Å². The fourth-order valence-electron chi connectivity index (χ4n) is 3.64. The van der Waals surface area contributed by atoms with Crippen LogP contribution in [-0.4, -0.2) is 67.8 Å². The van der Waals surface area contributed by atoms with Crippen molar-refractivity contribution in [1.29, 1.82) is 0 Å². The zero-order chi connectivity index (χ0) is 23.6. The van der Waals surface area contributed by atoms with Gasteiger partial charge in [-0.2, -0.15) is 4.31 Å². The van der Waals surface area contributed by atoms with Gasteiger partial charge in [-0.1, -0.05) is 0 Å². The zero-order valence-electron chi connectivity index (χ0n) is 18.3. The number of nitrogens with zero attached hydrogens (tertiary/aromatic N) is 3. The molecule has 1 atom stereocenters. The largest absolute Gasteiger partial charge is 0.495 e. The van der Waals surface area contributed by atoms with E-state index in [1.807, 2.05) is 11.8 Å². The number of sulfonamides is 1. The molecule has 32 heavy (non-hydrogen) atoms. The fourth-order valence-corrected chi connectivity index (χ4v) is 6.59. The maximum atomic E-state index is 13.0. The Hall–Kier alpha value is -2.54. The van der Waals surface area contributed by atoms with E-state index >= 15 is 0 Å². The predicted octanol–water partition coefficient (Wildman–Crippen LogP) is 2.62. The summed E-state index contributed by atoms with van der Waals surface area (Å²) >= 11 is 1.45. The molecular weight excluding hydrogens is 456 g/mol. The van der Waals surface area contributed by atoms with Crippen LogP contribution in [0.25, 0.3) is 0 Å². The number of carbonyl (C=O) groups excluding carboxylic acids is 1. The zero-order valence-corrected chi connectivity index (χ0v) is 20.0. The van der Waals surface area contributed by atoms with E-state index in [4.69, 9.17) is 4.74 Å². The average molecular weight is 483 g/mol. The molecule has 1 fully saturated rings. The standard InChI is InChI=1S/C20H26N4O6S2/c1-13-11-19(15(3)31-13)32(28,29)23-9-7-22(8-10-23)14(2)20(25)21-17-12-16(24(26)27)5-6-18(17)30-4/h5-6,11-12,14H,7-10H2,1-4H3,(H,21,25). The highest BCUT2D eigenvalue weighted by molar-refractivity contribution is 7.89. The third-order valence-corrected chi connectivity index (χ3v) is 8.59. The highest BCUT2D eigenvalue weighted by Crippen LogP contribution is 2.30. The molecule has 1 aliphatic rings. The number of amides is 1.